The average molecular weight is 457 g/mol. The van der Waals surface area contributed by atoms with Crippen LogP contribution >= 0.6 is 24.0 Å². The van der Waals surface area contributed by atoms with Crippen molar-refractivity contribution in [2.24, 2.45) is 0 Å². The quantitative estimate of drug-likeness (QED) is 0.136. The Morgan fingerprint density at radius 2 is 1.90 bits per heavy atom. The van der Waals surface area contributed by atoms with Crippen LogP contribution in [-0.4, -0.2) is 40.3 Å². The number of thioether (sulfide) groups is 1. The minimum Gasteiger partial charge on any atom is -0.490 e. The number of para-hydroxylation sites is 1. The first-order valence-electron chi connectivity index (χ1n) is 9.35. The number of amides is 1. The van der Waals surface area contributed by atoms with E-state index in [9.17, 15) is 14.9 Å². The molecule has 1 aliphatic rings. The third kappa shape index (κ3) is 5.50. The van der Waals surface area contributed by atoms with E-state index < -0.39 is 4.92 Å². The topological polar surface area (TPSA) is 81.9 Å². The van der Waals surface area contributed by atoms with E-state index in [2.05, 4.69) is 6.58 Å². The summed E-state index contributed by atoms with van der Waals surface area (Å²) < 4.78 is 12.1. The fraction of sp³-hybridized carbons (Fsp3) is 0.182. The van der Waals surface area contributed by atoms with Gasteiger partial charge in [-0.2, -0.15) is 0 Å². The van der Waals surface area contributed by atoms with E-state index in [4.69, 9.17) is 21.7 Å². The molecule has 0 N–H and O–H groups in total. The number of nitro groups is 1. The Labute approximate surface area is 189 Å². The number of hydrogen-bond donors (Lipinski definition) is 0. The van der Waals surface area contributed by atoms with Crippen LogP contribution in [0.15, 0.2) is 60.0 Å². The van der Waals surface area contributed by atoms with Crippen LogP contribution in [0.4, 0.5) is 5.69 Å². The Hall–Kier alpha value is -3.17. The molecule has 0 atom stereocenters. The Kier molecular flexibility index (Phi) is 7.43. The summed E-state index contributed by atoms with van der Waals surface area (Å²) in [6.07, 6.45) is 4.06. The molecule has 0 aromatic heterocycles. The molecule has 1 fully saturated rings. The van der Waals surface area contributed by atoms with Crippen molar-refractivity contribution in [3.8, 4) is 11.5 Å². The second-order valence-electron chi connectivity index (χ2n) is 6.52. The van der Waals surface area contributed by atoms with Crippen molar-refractivity contribution >= 4 is 46.0 Å². The molecule has 0 radical (unpaired) electrons. The zero-order valence-electron chi connectivity index (χ0n) is 16.8. The summed E-state index contributed by atoms with van der Waals surface area (Å²) in [5.74, 6) is 0.908. The van der Waals surface area contributed by atoms with Gasteiger partial charge in [0.25, 0.3) is 11.6 Å². The van der Waals surface area contributed by atoms with Crippen molar-refractivity contribution in [2.75, 3.05) is 20.3 Å². The fourth-order valence-corrected chi connectivity index (χ4v) is 4.02. The highest BCUT2D eigenvalue weighted by Crippen LogP contribution is 2.34. The average Bonchev–Trinajstić information content (AvgIpc) is 2.99. The van der Waals surface area contributed by atoms with Crippen LogP contribution < -0.4 is 9.47 Å². The zero-order valence-corrected chi connectivity index (χ0v) is 18.4. The fourth-order valence-electron chi connectivity index (χ4n) is 2.85. The van der Waals surface area contributed by atoms with Gasteiger partial charge in [0.15, 0.2) is 0 Å². The summed E-state index contributed by atoms with van der Waals surface area (Å²) in [4.78, 5) is 24.7. The molecule has 31 heavy (non-hydrogen) atoms. The lowest BCUT2D eigenvalue weighted by molar-refractivity contribution is -0.384. The smallest absolute Gasteiger partial charge is 0.270 e. The second-order valence-corrected chi connectivity index (χ2v) is 8.19. The number of likely N-dealkylation sites (N-methyl/N-ethyl adjacent to an activating group) is 1. The van der Waals surface area contributed by atoms with E-state index in [1.807, 2.05) is 24.3 Å². The maximum atomic E-state index is 12.3. The number of nitro benzene ring substituents is 1. The van der Waals surface area contributed by atoms with E-state index in [-0.39, 0.29) is 24.8 Å². The number of ether oxygens (including phenoxy) is 2. The van der Waals surface area contributed by atoms with Gasteiger partial charge in [-0.1, -0.05) is 48.3 Å². The molecular weight excluding hydrogens is 436 g/mol. The monoisotopic (exact) mass is 456 g/mol. The SMILES string of the molecule is C=CCc1ccccc1OCCOc1ccc([N+](=O)[O-])cc1/C=C1/SC(=S)N(C)C1=O. The molecule has 0 unspecified atom stereocenters. The predicted octanol–water partition coefficient (Wildman–Crippen LogP) is 4.61. The maximum absolute atomic E-state index is 12.3. The summed E-state index contributed by atoms with van der Waals surface area (Å²) in [6.45, 7) is 4.25. The summed E-state index contributed by atoms with van der Waals surface area (Å²) in [6, 6.07) is 11.9. The van der Waals surface area contributed by atoms with Gasteiger partial charge in [0.2, 0.25) is 0 Å². The molecule has 2 aromatic rings. The van der Waals surface area contributed by atoms with Crippen molar-refractivity contribution in [3.63, 3.8) is 0 Å². The summed E-state index contributed by atoms with van der Waals surface area (Å²) in [5.41, 5.74) is 1.35. The Morgan fingerprint density at radius 3 is 2.55 bits per heavy atom. The summed E-state index contributed by atoms with van der Waals surface area (Å²) in [7, 11) is 1.59. The van der Waals surface area contributed by atoms with Crippen molar-refractivity contribution < 1.29 is 19.2 Å². The highest BCUT2D eigenvalue weighted by atomic mass is 32.2. The van der Waals surface area contributed by atoms with Gasteiger partial charge in [-0.05, 0) is 30.2 Å². The highest BCUT2D eigenvalue weighted by molar-refractivity contribution is 8.26. The number of allylic oxidation sites excluding steroid dienone is 1. The molecule has 7 nitrogen and oxygen atoms in total. The summed E-state index contributed by atoms with van der Waals surface area (Å²) >= 11 is 6.28. The largest absolute Gasteiger partial charge is 0.490 e. The lowest BCUT2D eigenvalue weighted by Gasteiger charge is -2.13. The van der Waals surface area contributed by atoms with Crippen LogP contribution in [0, 0.1) is 10.1 Å². The van der Waals surface area contributed by atoms with E-state index in [1.54, 1.807) is 19.2 Å². The van der Waals surface area contributed by atoms with Gasteiger partial charge in [-0.3, -0.25) is 19.8 Å². The van der Waals surface area contributed by atoms with E-state index in [0.29, 0.717) is 27.0 Å². The van der Waals surface area contributed by atoms with Crippen molar-refractivity contribution in [1.29, 1.82) is 0 Å². The zero-order chi connectivity index (χ0) is 22.4. The Balaban J connectivity index is 1.74. The molecule has 0 aliphatic carbocycles. The van der Waals surface area contributed by atoms with E-state index >= 15 is 0 Å². The van der Waals surface area contributed by atoms with Gasteiger partial charge in [0, 0.05) is 24.7 Å². The molecule has 1 amide bonds. The highest BCUT2D eigenvalue weighted by Gasteiger charge is 2.29. The number of carbonyl (C=O) groups excluding carboxylic acids is 1. The lowest BCUT2D eigenvalue weighted by atomic mass is 10.1. The van der Waals surface area contributed by atoms with Crippen LogP contribution in [0.1, 0.15) is 11.1 Å². The molecule has 3 rings (SSSR count). The third-order valence-corrected chi connectivity index (χ3v) is 5.90. The molecule has 160 valence electrons. The molecule has 0 spiro atoms. The summed E-state index contributed by atoms with van der Waals surface area (Å²) in [5, 5.41) is 11.2. The molecular formula is C22H20N2O5S2. The second kappa shape index (κ2) is 10.2. The Morgan fingerprint density at radius 1 is 1.19 bits per heavy atom. The first-order valence-corrected chi connectivity index (χ1v) is 10.6. The van der Waals surface area contributed by atoms with Crippen molar-refractivity contribution in [1.82, 2.24) is 4.90 Å². The van der Waals surface area contributed by atoms with Crippen LogP contribution in [0.2, 0.25) is 0 Å². The number of non-ortho nitro benzene ring substituents is 1. The molecule has 9 heteroatoms. The number of hydrogen-bond acceptors (Lipinski definition) is 7. The number of carbonyl (C=O) groups is 1. The maximum Gasteiger partial charge on any atom is 0.270 e. The number of thiocarbonyl (C=S) groups is 1. The van der Waals surface area contributed by atoms with Crippen LogP contribution in [0.3, 0.4) is 0 Å². The first-order chi connectivity index (χ1) is 14.9. The van der Waals surface area contributed by atoms with Gasteiger partial charge in [-0.15, -0.1) is 6.58 Å². The van der Waals surface area contributed by atoms with Gasteiger partial charge in [0.05, 0.1) is 9.83 Å². The predicted molar refractivity (Wildman–Crippen MR) is 125 cm³/mol. The normalized spacial score (nSPS) is 14.7. The van der Waals surface area contributed by atoms with Crippen molar-refractivity contribution in [3.05, 3.63) is 81.3 Å². The third-order valence-electron chi connectivity index (χ3n) is 4.41. The van der Waals surface area contributed by atoms with Gasteiger partial charge in [0.1, 0.15) is 29.0 Å². The van der Waals surface area contributed by atoms with E-state index in [0.717, 1.165) is 23.1 Å². The van der Waals surface area contributed by atoms with Crippen LogP contribution in [0.5, 0.6) is 11.5 Å². The number of nitrogens with zero attached hydrogens (tertiary/aromatic N) is 2. The van der Waals surface area contributed by atoms with Gasteiger partial charge < -0.3 is 9.47 Å². The number of rotatable bonds is 9. The van der Waals surface area contributed by atoms with Gasteiger partial charge >= 0.3 is 0 Å². The minimum atomic E-state index is -0.494. The van der Waals surface area contributed by atoms with Gasteiger partial charge in [-0.25, -0.2) is 0 Å². The lowest BCUT2D eigenvalue weighted by Crippen LogP contribution is -2.22. The first kappa shape index (κ1) is 22.5. The molecule has 1 aliphatic heterocycles. The Bertz CT molecular complexity index is 1070. The molecule has 1 saturated heterocycles. The molecule has 2 aromatic carbocycles. The number of benzene rings is 2. The van der Waals surface area contributed by atoms with Crippen LogP contribution in [0.25, 0.3) is 6.08 Å². The molecule has 1 heterocycles. The standard InChI is InChI=1S/C22H20N2O5S2/c1-3-6-15-7-4-5-8-18(15)28-11-12-29-19-10-9-17(24(26)27)13-16(19)14-20-21(25)23(2)22(30)31-20/h3-5,7-10,13-14H,1,6,11-12H2,2H3/b20-14+. The molecule has 0 saturated carbocycles. The minimum absolute atomic E-state index is 0.0971. The van der Waals surface area contributed by atoms with Crippen molar-refractivity contribution in [2.45, 2.75) is 6.42 Å². The molecule has 0 bridgehead atoms. The van der Waals surface area contributed by atoms with E-state index in [1.165, 1.54) is 23.1 Å². The van der Waals surface area contributed by atoms with Crippen LogP contribution in [-0.2, 0) is 11.2 Å².